The molecule has 0 spiro atoms. The monoisotopic (exact) mass is 214 g/mol. The van der Waals surface area contributed by atoms with E-state index in [4.69, 9.17) is 0 Å². The van der Waals surface area contributed by atoms with E-state index in [1.807, 2.05) is 30.3 Å². The quantitative estimate of drug-likeness (QED) is 0.770. The molecule has 0 atom stereocenters. The summed E-state index contributed by atoms with van der Waals surface area (Å²) < 4.78 is 0. The first kappa shape index (κ1) is 10.4. The van der Waals surface area contributed by atoms with Gasteiger partial charge in [0.25, 0.3) is 5.91 Å². The van der Waals surface area contributed by atoms with E-state index in [1.165, 1.54) is 6.08 Å². The first-order valence-electron chi connectivity index (χ1n) is 5.00. The molecule has 0 N–H and O–H groups in total. The molecule has 1 amide bonds. The van der Waals surface area contributed by atoms with Crippen LogP contribution in [0.2, 0.25) is 0 Å². The largest absolute Gasteiger partial charge is 0.292 e. The van der Waals surface area contributed by atoms with Crippen molar-refractivity contribution in [2.45, 2.75) is 12.8 Å². The zero-order valence-electron chi connectivity index (χ0n) is 8.59. The Morgan fingerprint density at radius 2 is 1.88 bits per heavy atom. The number of allylic oxidation sites excluding steroid dienone is 1. The summed E-state index contributed by atoms with van der Waals surface area (Å²) in [7, 11) is 0. The van der Waals surface area contributed by atoms with Gasteiger partial charge in [0.1, 0.15) is 5.70 Å². The molecule has 4 nitrogen and oxygen atoms in total. The summed E-state index contributed by atoms with van der Waals surface area (Å²) in [6.07, 6.45) is 2.18. The van der Waals surface area contributed by atoms with Gasteiger partial charge in [-0.3, -0.25) is 9.59 Å². The van der Waals surface area contributed by atoms with Crippen LogP contribution in [-0.2, 0) is 16.0 Å². The second-order valence-electron chi connectivity index (χ2n) is 3.48. The van der Waals surface area contributed by atoms with Crippen molar-refractivity contribution in [2.24, 2.45) is 10.2 Å². The molecule has 0 aromatic heterocycles. The topological polar surface area (TPSA) is 58.9 Å². The number of aryl methyl sites for hydroxylation is 1. The summed E-state index contributed by atoms with van der Waals surface area (Å²) in [5.41, 5.74) is 1.26. The summed E-state index contributed by atoms with van der Waals surface area (Å²) >= 11 is 0. The van der Waals surface area contributed by atoms with Crippen molar-refractivity contribution in [3.63, 3.8) is 0 Å². The lowest BCUT2D eigenvalue weighted by molar-refractivity contribution is -0.116. The molecule has 1 aromatic rings. The number of hydrogen-bond acceptors (Lipinski definition) is 3. The number of ketones is 1. The number of amides is 1. The number of carbonyl (C=O) groups excluding carboxylic acids is 2. The van der Waals surface area contributed by atoms with Crippen molar-refractivity contribution >= 4 is 11.7 Å². The van der Waals surface area contributed by atoms with Crippen LogP contribution in [0.5, 0.6) is 0 Å². The summed E-state index contributed by atoms with van der Waals surface area (Å²) in [5.74, 6) is -0.596. The molecule has 0 unspecified atom stereocenters. The Labute approximate surface area is 92.7 Å². The Bertz CT molecular complexity index is 475. The molecule has 80 valence electrons. The minimum atomic E-state index is -0.455. The number of azo groups is 1. The lowest BCUT2D eigenvalue weighted by Gasteiger charge is -1.99. The highest BCUT2D eigenvalue weighted by molar-refractivity contribution is 6.04. The summed E-state index contributed by atoms with van der Waals surface area (Å²) in [4.78, 5) is 22.3. The maximum atomic E-state index is 11.6. The Balaban J connectivity index is 1.92. The smallest absolute Gasteiger partial charge is 0.290 e. The minimum absolute atomic E-state index is 0.140. The molecule has 0 bridgehead atoms. The van der Waals surface area contributed by atoms with E-state index in [-0.39, 0.29) is 11.5 Å². The van der Waals surface area contributed by atoms with Crippen LogP contribution in [0.4, 0.5) is 0 Å². The van der Waals surface area contributed by atoms with Crippen LogP contribution in [0, 0.1) is 0 Å². The maximum absolute atomic E-state index is 11.6. The Morgan fingerprint density at radius 1 is 1.12 bits per heavy atom. The molecule has 0 aliphatic carbocycles. The third-order valence-electron chi connectivity index (χ3n) is 2.29. The van der Waals surface area contributed by atoms with Crippen molar-refractivity contribution in [2.75, 3.05) is 0 Å². The normalized spacial score (nSPS) is 14.0. The average molecular weight is 214 g/mol. The van der Waals surface area contributed by atoms with E-state index in [0.29, 0.717) is 12.8 Å². The summed E-state index contributed by atoms with van der Waals surface area (Å²) in [5, 5.41) is 6.78. The molecule has 16 heavy (non-hydrogen) atoms. The number of benzene rings is 1. The Morgan fingerprint density at radius 3 is 2.50 bits per heavy atom. The number of hydrogen-bond donors (Lipinski definition) is 0. The van der Waals surface area contributed by atoms with Crippen LogP contribution in [0.15, 0.2) is 52.3 Å². The van der Waals surface area contributed by atoms with Crippen molar-refractivity contribution in [1.29, 1.82) is 0 Å². The first-order chi connectivity index (χ1) is 7.75. The zero-order valence-corrected chi connectivity index (χ0v) is 8.59. The van der Waals surface area contributed by atoms with Crippen LogP contribution in [0.25, 0.3) is 0 Å². The van der Waals surface area contributed by atoms with E-state index < -0.39 is 5.91 Å². The second kappa shape index (κ2) is 4.61. The Hall–Kier alpha value is -2.10. The highest BCUT2D eigenvalue weighted by atomic mass is 16.2. The van der Waals surface area contributed by atoms with Gasteiger partial charge >= 0.3 is 0 Å². The fourth-order valence-electron chi connectivity index (χ4n) is 1.44. The fraction of sp³-hybridized carbons (Fsp3) is 0.167. The number of Topliss-reactive ketones (excluding diaryl/α,β-unsaturated/α-hetero) is 1. The molecule has 1 aliphatic heterocycles. The molecule has 0 saturated carbocycles. The first-order valence-corrected chi connectivity index (χ1v) is 5.00. The standard InChI is InChI=1S/C12H10N2O2/c15-11(10-8-12(16)14-13-10)7-6-9-4-2-1-3-5-9/h1-5,8H,6-7H2. The third kappa shape index (κ3) is 2.48. The predicted octanol–water partition coefficient (Wildman–Crippen LogP) is 2.06. The van der Waals surface area contributed by atoms with Gasteiger partial charge in [0.15, 0.2) is 5.78 Å². The van der Waals surface area contributed by atoms with Gasteiger partial charge in [0.05, 0.1) is 0 Å². The van der Waals surface area contributed by atoms with E-state index >= 15 is 0 Å². The van der Waals surface area contributed by atoms with Gasteiger partial charge in [-0.25, -0.2) is 0 Å². The van der Waals surface area contributed by atoms with Gasteiger partial charge in [-0.05, 0) is 12.0 Å². The highest BCUT2D eigenvalue weighted by Gasteiger charge is 2.15. The van der Waals surface area contributed by atoms with Crippen LogP contribution < -0.4 is 0 Å². The van der Waals surface area contributed by atoms with Gasteiger partial charge in [0.2, 0.25) is 0 Å². The van der Waals surface area contributed by atoms with Gasteiger partial charge in [0, 0.05) is 12.5 Å². The number of nitrogens with zero attached hydrogens (tertiary/aromatic N) is 2. The Kier molecular flexibility index (Phi) is 3.00. The van der Waals surface area contributed by atoms with E-state index in [2.05, 4.69) is 10.2 Å². The van der Waals surface area contributed by atoms with Gasteiger partial charge in [-0.2, -0.15) is 0 Å². The predicted molar refractivity (Wildman–Crippen MR) is 57.7 cm³/mol. The molecule has 2 rings (SSSR count). The van der Waals surface area contributed by atoms with Crippen LogP contribution >= 0.6 is 0 Å². The molecule has 1 aliphatic rings. The maximum Gasteiger partial charge on any atom is 0.290 e. The summed E-state index contributed by atoms with van der Waals surface area (Å²) in [6.45, 7) is 0. The lowest BCUT2D eigenvalue weighted by atomic mass is 10.1. The fourth-order valence-corrected chi connectivity index (χ4v) is 1.44. The molecular formula is C12H10N2O2. The molecule has 4 heteroatoms. The van der Waals surface area contributed by atoms with Crippen molar-refractivity contribution < 1.29 is 9.59 Å². The van der Waals surface area contributed by atoms with Gasteiger partial charge < -0.3 is 0 Å². The van der Waals surface area contributed by atoms with E-state index in [1.54, 1.807) is 0 Å². The lowest BCUT2D eigenvalue weighted by Crippen LogP contribution is -2.01. The zero-order chi connectivity index (χ0) is 11.4. The molecular weight excluding hydrogens is 204 g/mol. The van der Waals surface area contributed by atoms with Crippen LogP contribution in [-0.4, -0.2) is 11.7 Å². The molecule has 0 fully saturated rings. The van der Waals surface area contributed by atoms with Crippen molar-refractivity contribution in [3.8, 4) is 0 Å². The van der Waals surface area contributed by atoms with Crippen molar-refractivity contribution in [1.82, 2.24) is 0 Å². The minimum Gasteiger partial charge on any atom is -0.292 e. The third-order valence-corrected chi connectivity index (χ3v) is 2.29. The summed E-state index contributed by atoms with van der Waals surface area (Å²) in [6, 6.07) is 9.71. The molecule has 0 radical (unpaired) electrons. The molecule has 1 aromatic carbocycles. The molecule has 0 saturated heterocycles. The SMILES string of the molecule is O=C1C=C(C(=O)CCc2ccccc2)N=N1. The van der Waals surface area contributed by atoms with Crippen LogP contribution in [0.1, 0.15) is 12.0 Å². The second-order valence-corrected chi connectivity index (χ2v) is 3.48. The highest BCUT2D eigenvalue weighted by Crippen LogP contribution is 2.12. The van der Waals surface area contributed by atoms with Crippen LogP contribution in [0.3, 0.4) is 0 Å². The van der Waals surface area contributed by atoms with Gasteiger partial charge in [-0.15, -0.1) is 10.2 Å². The average Bonchev–Trinajstić information content (AvgIpc) is 2.74. The van der Waals surface area contributed by atoms with Gasteiger partial charge in [-0.1, -0.05) is 30.3 Å². The van der Waals surface area contributed by atoms with Crippen molar-refractivity contribution in [3.05, 3.63) is 47.7 Å². The number of carbonyl (C=O) groups is 2. The van der Waals surface area contributed by atoms with E-state index in [9.17, 15) is 9.59 Å². The van der Waals surface area contributed by atoms with E-state index in [0.717, 1.165) is 5.56 Å². The number of rotatable bonds is 4. The molecule has 1 heterocycles.